The van der Waals surface area contributed by atoms with Gasteiger partial charge in [-0.3, -0.25) is 0 Å². The fourth-order valence-electron chi connectivity index (χ4n) is 1.53. The molecule has 2 aromatic rings. The van der Waals surface area contributed by atoms with Crippen LogP contribution in [0.5, 0.6) is 0 Å². The minimum atomic E-state index is 0.663. The Kier molecular flexibility index (Phi) is 4.14. The Morgan fingerprint density at radius 1 is 1.22 bits per heavy atom. The molecule has 0 saturated carbocycles. The topological polar surface area (TPSA) is 49.8 Å². The van der Waals surface area contributed by atoms with Crippen molar-refractivity contribution in [3.8, 4) is 6.07 Å². The Hall–Kier alpha value is -1.63. The van der Waals surface area contributed by atoms with E-state index in [0.717, 1.165) is 16.2 Å². The summed E-state index contributed by atoms with van der Waals surface area (Å²) in [4.78, 5) is 0.994. The molecule has 0 radical (unpaired) electrons. The molecule has 2 N–H and O–H groups in total. The predicted molar refractivity (Wildman–Crippen MR) is 76.6 cm³/mol. The molecule has 0 bridgehead atoms. The summed E-state index contributed by atoms with van der Waals surface area (Å²) in [5.74, 6) is 0.777. The van der Waals surface area contributed by atoms with Crippen LogP contribution in [0.15, 0.2) is 47.4 Å². The van der Waals surface area contributed by atoms with Gasteiger partial charge in [-0.25, -0.2) is 0 Å². The highest BCUT2D eigenvalue weighted by Gasteiger charge is 2.02. The maximum absolute atomic E-state index is 8.83. The van der Waals surface area contributed by atoms with Crippen molar-refractivity contribution in [2.75, 3.05) is 5.73 Å². The molecule has 0 fully saturated rings. The molecular weight excluding hydrogens is 264 g/mol. The summed E-state index contributed by atoms with van der Waals surface area (Å²) < 4.78 is 0. The number of nitrogens with two attached hydrogens (primary N) is 1. The summed E-state index contributed by atoms with van der Waals surface area (Å²) in [6, 6.07) is 15.2. The van der Waals surface area contributed by atoms with Gasteiger partial charge in [-0.15, -0.1) is 11.8 Å². The molecular formula is C14H11ClN2S. The third kappa shape index (κ3) is 3.19. The van der Waals surface area contributed by atoms with Gasteiger partial charge in [0.15, 0.2) is 0 Å². The normalized spacial score (nSPS) is 10.0. The fraction of sp³-hybridized carbons (Fsp3) is 0.0714. The molecule has 90 valence electrons. The van der Waals surface area contributed by atoms with Crippen LogP contribution in [-0.4, -0.2) is 0 Å². The molecule has 2 nitrogen and oxygen atoms in total. The third-order valence-corrected chi connectivity index (χ3v) is 3.98. The van der Waals surface area contributed by atoms with Gasteiger partial charge in [0.1, 0.15) is 0 Å². The van der Waals surface area contributed by atoms with Gasteiger partial charge in [-0.2, -0.15) is 5.26 Å². The average Bonchev–Trinajstić information content (AvgIpc) is 2.38. The van der Waals surface area contributed by atoms with Gasteiger partial charge in [0.05, 0.1) is 16.7 Å². The number of nitriles is 1. The first kappa shape index (κ1) is 12.8. The standard InChI is InChI=1S/C14H11ClN2S/c15-13-7-12(17)4-5-14(13)18-9-11-3-1-2-10(6-11)8-16/h1-7H,9,17H2. The van der Waals surface area contributed by atoms with Gasteiger partial charge in [0, 0.05) is 16.3 Å². The van der Waals surface area contributed by atoms with E-state index in [9.17, 15) is 0 Å². The van der Waals surface area contributed by atoms with Crippen LogP contribution in [0, 0.1) is 11.3 Å². The van der Waals surface area contributed by atoms with Crippen molar-refractivity contribution in [2.24, 2.45) is 0 Å². The number of rotatable bonds is 3. The van der Waals surface area contributed by atoms with E-state index in [1.807, 2.05) is 30.3 Å². The van der Waals surface area contributed by atoms with Gasteiger partial charge in [-0.05, 0) is 35.9 Å². The average molecular weight is 275 g/mol. The van der Waals surface area contributed by atoms with Gasteiger partial charge in [-0.1, -0.05) is 23.7 Å². The zero-order valence-corrected chi connectivity index (χ0v) is 11.1. The lowest BCUT2D eigenvalue weighted by molar-refractivity contribution is 1.36. The van der Waals surface area contributed by atoms with E-state index >= 15 is 0 Å². The van der Waals surface area contributed by atoms with E-state index in [1.54, 1.807) is 23.9 Å². The van der Waals surface area contributed by atoms with Crippen LogP contribution in [0.2, 0.25) is 5.02 Å². The molecule has 0 aromatic heterocycles. The Labute approximate surface area is 115 Å². The minimum Gasteiger partial charge on any atom is -0.399 e. The van der Waals surface area contributed by atoms with E-state index < -0.39 is 0 Å². The number of benzene rings is 2. The largest absolute Gasteiger partial charge is 0.399 e. The van der Waals surface area contributed by atoms with Crippen LogP contribution in [0.3, 0.4) is 0 Å². The van der Waals surface area contributed by atoms with Crippen molar-refractivity contribution < 1.29 is 0 Å². The van der Waals surface area contributed by atoms with Crippen LogP contribution in [-0.2, 0) is 5.75 Å². The minimum absolute atomic E-state index is 0.663. The van der Waals surface area contributed by atoms with Gasteiger partial charge in [0.25, 0.3) is 0 Å². The Balaban J connectivity index is 2.09. The first-order chi connectivity index (χ1) is 8.69. The summed E-state index contributed by atoms with van der Waals surface area (Å²) >= 11 is 7.73. The predicted octanol–water partition coefficient (Wildman–Crippen LogP) is 4.09. The van der Waals surface area contributed by atoms with Crippen molar-refractivity contribution in [3.63, 3.8) is 0 Å². The van der Waals surface area contributed by atoms with E-state index in [2.05, 4.69) is 6.07 Å². The molecule has 0 atom stereocenters. The fourth-order valence-corrected chi connectivity index (χ4v) is 2.74. The molecule has 0 aliphatic heterocycles. The smallest absolute Gasteiger partial charge is 0.0991 e. The molecule has 0 aliphatic rings. The van der Waals surface area contributed by atoms with Crippen molar-refractivity contribution in [3.05, 3.63) is 58.6 Å². The van der Waals surface area contributed by atoms with Gasteiger partial charge in [0.2, 0.25) is 0 Å². The Morgan fingerprint density at radius 2 is 2.06 bits per heavy atom. The van der Waals surface area contributed by atoms with Gasteiger partial charge >= 0.3 is 0 Å². The highest BCUT2D eigenvalue weighted by molar-refractivity contribution is 7.98. The Bertz CT molecular complexity index is 605. The van der Waals surface area contributed by atoms with Crippen LogP contribution in [0.1, 0.15) is 11.1 Å². The van der Waals surface area contributed by atoms with Crippen LogP contribution >= 0.6 is 23.4 Å². The maximum Gasteiger partial charge on any atom is 0.0991 e. The lowest BCUT2D eigenvalue weighted by atomic mass is 10.2. The number of nitrogens with zero attached hydrogens (tertiary/aromatic N) is 1. The number of nitrogen functional groups attached to an aromatic ring is 1. The third-order valence-electron chi connectivity index (χ3n) is 2.41. The van der Waals surface area contributed by atoms with E-state index in [4.69, 9.17) is 22.6 Å². The molecule has 0 amide bonds. The SMILES string of the molecule is N#Cc1cccc(CSc2ccc(N)cc2Cl)c1. The second kappa shape index (κ2) is 5.81. The van der Waals surface area contributed by atoms with Crippen molar-refractivity contribution in [2.45, 2.75) is 10.6 Å². The van der Waals surface area contributed by atoms with Crippen molar-refractivity contribution >= 4 is 29.1 Å². The quantitative estimate of drug-likeness (QED) is 0.677. The number of halogens is 1. The first-order valence-corrected chi connectivity index (χ1v) is 6.72. The molecule has 2 aromatic carbocycles. The molecule has 0 unspecified atom stereocenters. The summed E-state index contributed by atoms with van der Waals surface area (Å²) in [6.07, 6.45) is 0. The molecule has 18 heavy (non-hydrogen) atoms. The zero-order chi connectivity index (χ0) is 13.0. The van der Waals surface area contributed by atoms with Crippen molar-refractivity contribution in [1.29, 1.82) is 5.26 Å². The second-order valence-electron chi connectivity index (χ2n) is 3.79. The summed E-state index contributed by atoms with van der Waals surface area (Å²) in [5, 5.41) is 9.49. The van der Waals surface area contributed by atoms with E-state index in [-0.39, 0.29) is 0 Å². The summed E-state index contributed by atoms with van der Waals surface area (Å²) in [5.41, 5.74) is 8.09. The second-order valence-corrected chi connectivity index (χ2v) is 5.22. The molecule has 4 heteroatoms. The lowest BCUT2D eigenvalue weighted by Gasteiger charge is -2.05. The van der Waals surface area contributed by atoms with Crippen LogP contribution in [0.25, 0.3) is 0 Å². The molecule has 0 saturated heterocycles. The maximum atomic E-state index is 8.83. The highest BCUT2D eigenvalue weighted by Crippen LogP contribution is 2.31. The summed E-state index contributed by atoms with van der Waals surface area (Å²) in [6.45, 7) is 0. The summed E-state index contributed by atoms with van der Waals surface area (Å²) in [7, 11) is 0. The zero-order valence-electron chi connectivity index (χ0n) is 9.56. The number of thioether (sulfide) groups is 1. The number of anilines is 1. The molecule has 0 aliphatic carbocycles. The van der Waals surface area contributed by atoms with Crippen LogP contribution < -0.4 is 5.73 Å². The van der Waals surface area contributed by atoms with Crippen molar-refractivity contribution in [1.82, 2.24) is 0 Å². The number of hydrogen-bond acceptors (Lipinski definition) is 3. The molecule has 0 spiro atoms. The molecule has 0 heterocycles. The van der Waals surface area contributed by atoms with E-state index in [0.29, 0.717) is 16.3 Å². The van der Waals surface area contributed by atoms with Gasteiger partial charge < -0.3 is 5.73 Å². The first-order valence-electron chi connectivity index (χ1n) is 5.36. The monoisotopic (exact) mass is 274 g/mol. The van der Waals surface area contributed by atoms with Crippen LogP contribution in [0.4, 0.5) is 5.69 Å². The molecule has 2 rings (SSSR count). The lowest BCUT2D eigenvalue weighted by Crippen LogP contribution is -1.86. The Morgan fingerprint density at radius 3 is 2.78 bits per heavy atom. The number of hydrogen-bond donors (Lipinski definition) is 1. The highest BCUT2D eigenvalue weighted by atomic mass is 35.5. The van der Waals surface area contributed by atoms with E-state index in [1.165, 1.54) is 0 Å².